The van der Waals surface area contributed by atoms with Gasteiger partial charge in [-0.1, -0.05) is 0 Å². The van der Waals surface area contributed by atoms with Gasteiger partial charge in [0.2, 0.25) is 0 Å². The van der Waals surface area contributed by atoms with Crippen molar-refractivity contribution in [3.8, 4) is 11.5 Å². The molecule has 0 saturated heterocycles. The van der Waals surface area contributed by atoms with Crippen LogP contribution in [0.5, 0.6) is 11.5 Å². The van der Waals surface area contributed by atoms with Crippen molar-refractivity contribution in [1.82, 2.24) is 0 Å². The fraction of sp³-hybridized carbons (Fsp3) is 0.400. The molecule has 0 fully saturated rings. The van der Waals surface area contributed by atoms with Crippen LogP contribution in [0.25, 0.3) is 0 Å². The third kappa shape index (κ3) is 2.14. The number of aliphatic hydroxyl groups excluding tert-OH is 1. The summed E-state index contributed by atoms with van der Waals surface area (Å²) >= 11 is 0. The molecule has 1 aromatic rings. The van der Waals surface area contributed by atoms with Crippen LogP contribution < -0.4 is 9.47 Å². The first-order valence-electron chi connectivity index (χ1n) is 4.24. The van der Waals surface area contributed by atoms with E-state index in [0.717, 1.165) is 0 Å². The van der Waals surface area contributed by atoms with Crippen LogP contribution in [-0.4, -0.2) is 25.9 Å². The Morgan fingerprint density at radius 3 is 2.07 bits per heavy atom. The first-order valence-corrected chi connectivity index (χ1v) is 4.24. The van der Waals surface area contributed by atoms with Crippen LogP contribution in [0.4, 0.5) is 4.39 Å². The summed E-state index contributed by atoms with van der Waals surface area (Å²) in [4.78, 5) is 0. The minimum absolute atomic E-state index is 0.0294. The summed E-state index contributed by atoms with van der Waals surface area (Å²) < 4.78 is 23.0. The average Bonchev–Trinajstić information content (AvgIpc) is 2.20. The van der Waals surface area contributed by atoms with Gasteiger partial charge in [-0.2, -0.15) is 0 Å². The molecule has 14 heavy (non-hydrogen) atoms. The highest BCUT2D eigenvalue weighted by atomic mass is 19.1. The monoisotopic (exact) mass is 200 g/mol. The van der Waals surface area contributed by atoms with Gasteiger partial charge >= 0.3 is 0 Å². The molecular formula is C10H13FO3. The lowest BCUT2D eigenvalue weighted by molar-refractivity contribution is 0.292. The fourth-order valence-corrected chi connectivity index (χ4v) is 1.31. The number of aliphatic hydroxyl groups is 1. The molecule has 0 aliphatic heterocycles. The smallest absolute Gasteiger partial charge is 0.130 e. The third-order valence-corrected chi connectivity index (χ3v) is 1.93. The molecule has 0 aliphatic rings. The van der Waals surface area contributed by atoms with Gasteiger partial charge in [0.15, 0.2) is 0 Å². The molecule has 1 rings (SSSR count). The van der Waals surface area contributed by atoms with Gasteiger partial charge in [-0.3, -0.25) is 0 Å². The van der Waals surface area contributed by atoms with Crippen LogP contribution in [0.1, 0.15) is 5.56 Å². The number of rotatable bonds is 4. The molecule has 1 N–H and O–H groups in total. The van der Waals surface area contributed by atoms with Gasteiger partial charge < -0.3 is 14.6 Å². The summed E-state index contributed by atoms with van der Waals surface area (Å²) in [6.07, 6.45) is 0.382. The Balaban J connectivity index is 3.18. The number of halogens is 1. The molecule has 0 unspecified atom stereocenters. The van der Waals surface area contributed by atoms with Gasteiger partial charge in [-0.25, -0.2) is 4.39 Å². The summed E-state index contributed by atoms with van der Waals surface area (Å²) in [6, 6.07) is 2.54. The predicted molar refractivity (Wildman–Crippen MR) is 50.3 cm³/mol. The number of benzene rings is 1. The molecule has 3 nitrogen and oxygen atoms in total. The predicted octanol–water partition coefficient (Wildman–Crippen LogP) is 1.38. The lowest BCUT2D eigenvalue weighted by Gasteiger charge is -2.12. The summed E-state index contributed by atoms with van der Waals surface area (Å²) in [5.41, 5.74) is 0.680. The van der Waals surface area contributed by atoms with Crippen molar-refractivity contribution in [2.24, 2.45) is 0 Å². The Labute approximate surface area is 82.1 Å². The minimum atomic E-state index is -0.416. The highest BCUT2D eigenvalue weighted by molar-refractivity contribution is 5.45. The molecule has 4 heteroatoms. The van der Waals surface area contributed by atoms with Crippen molar-refractivity contribution < 1.29 is 19.0 Å². The van der Waals surface area contributed by atoms with Crippen molar-refractivity contribution in [3.63, 3.8) is 0 Å². The number of hydrogen-bond donors (Lipinski definition) is 1. The molecule has 0 aromatic heterocycles. The van der Waals surface area contributed by atoms with Crippen molar-refractivity contribution in [3.05, 3.63) is 23.5 Å². The normalized spacial score (nSPS) is 10.0. The SMILES string of the molecule is COc1cc(F)cc(OC)c1CCO. The van der Waals surface area contributed by atoms with Gasteiger partial charge in [-0.05, 0) is 0 Å². The molecular weight excluding hydrogens is 187 g/mol. The average molecular weight is 200 g/mol. The zero-order valence-electron chi connectivity index (χ0n) is 8.21. The highest BCUT2D eigenvalue weighted by Gasteiger charge is 2.11. The molecule has 0 bridgehead atoms. The molecule has 0 spiro atoms. The quantitative estimate of drug-likeness (QED) is 0.798. The maximum Gasteiger partial charge on any atom is 0.130 e. The van der Waals surface area contributed by atoms with Crippen LogP contribution in [0.3, 0.4) is 0 Å². The first kappa shape index (κ1) is 10.8. The summed E-state index contributed by atoms with van der Waals surface area (Å²) in [6.45, 7) is -0.0294. The second kappa shape index (κ2) is 4.81. The van der Waals surface area contributed by atoms with E-state index in [1.165, 1.54) is 26.4 Å². The van der Waals surface area contributed by atoms with E-state index in [4.69, 9.17) is 14.6 Å². The standard InChI is InChI=1S/C10H13FO3/c1-13-9-5-7(11)6-10(14-2)8(9)3-4-12/h5-6,12H,3-4H2,1-2H3. The summed E-state index contributed by atoms with van der Waals surface area (Å²) in [5.74, 6) is 0.382. The largest absolute Gasteiger partial charge is 0.496 e. The van der Waals surface area contributed by atoms with Crippen LogP contribution in [0.15, 0.2) is 12.1 Å². The van der Waals surface area contributed by atoms with E-state index < -0.39 is 5.82 Å². The maximum atomic E-state index is 13.0. The van der Waals surface area contributed by atoms with Crippen LogP contribution in [0.2, 0.25) is 0 Å². The van der Waals surface area contributed by atoms with E-state index in [1.807, 2.05) is 0 Å². The Hall–Kier alpha value is -1.29. The van der Waals surface area contributed by atoms with Crippen molar-refractivity contribution in [1.29, 1.82) is 0 Å². The Morgan fingerprint density at radius 1 is 1.21 bits per heavy atom. The van der Waals surface area contributed by atoms with Crippen molar-refractivity contribution in [2.45, 2.75) is 6.42 Å². The molecule has 0 amide bonds. The van der Waals surface area contributed by atoms with Crippen LogP contribution in [0, 0.1) is 5.82 Å². The Morgan fingerprint density at radius 2 is 1.71 bits per heavy atom. The van der Waals surface area contributed by atoms with Gasteiger partial charge in [-0.15, -0.1) is 0 Å². The lowest BCUT2D eigenvalue weighted by Crippen LogP contribution is -2.00. The lowest BCUT2D eigenvalue weighted by atomic mass is 10.1. The third-order valence-electron chi connectivity index (χ3n) is 1.93. The van der Waals surface area contributed by atoms with Crippen LogP contribution >= 0.6 is 0 Å². The summed E-state index contributed by atoms with van der Waals surface area (Å²) in [5, 5.41) is 8.82. The Bertz CT molecular complexity index is 287. The summed E-state index contributed by atoms with van der Waals surface area (Å²) in [7, 11) is 2.91. The van der Waals surface area contributed by atoms with E-state index in [1.54, 1.807) is 0 Å². The molecule has 0 atom stereocenters. The number of hydrogen-bond acceptors (Lipinski definition) is 3. The molecule has 78 valence electrons. The maximum absolute atomic E-state index is 13.0. The van der Waals surface area contributed by atoms with E-state index in [-0.39, 0.29) is 6.61 Å². The topological polar surface area (TPSA) is 38.7 Å². The van der Waals surface area contributed by atoms with Crippen molar-refractivity contribution in [2.75, 3.05) is 20.8 Å². The number of ether oxygens (including phenoxy) is 2. The van der Waals surface area contributed by atoms with Gasteiger partial charge in [0.25, 0.3) is 0 Å². The van der Waals surface area contributed by atoms with Gasteiger partial charge in [0, 0.05) is 30.7 Å². The van der Waals surface area contributed by atoms with Gasteiger partial charge in [0.1, 0.15) is 17.3 Å². The van der Waals surface area contributed by atoms with Gasteiger partial charge in [0.05, 0.1) is 14.2 Å². The van der Waals surface area contributed by atoms with E-state index in [9.17, 15) is 4.39 Å². The van der Waals surface area contributed by atoms with E-state index in [2.05, 4.69) is 0 Å². The molecule has 0 aliphatic carbocycles. The first-order chi connectivity index (χ1) is 6.72. The zero-order chi connectivity index (χ0) is 10.6. The van der Waals surface area contributed by atoms with Crippen molar-refractivity contribution >= 4 is 0 Å². The van der Waals surface area contributed by atoms with E-state index >= 15 is 0 Å². The molecule has 0 saturated carbocycles. The van der Waals surface area contributed by atoms with Crippen LogP contribution in [-0.2, 0) is 6.42 Å². The second-order valence-corrected chi connectivity index (χ2v) is 2.76. The molecule has 0 heterocycles. The highest BCUT2D eigenvalue weighted by Crippen LogP contribution is 2.30. The molecule has 0 radical (unpaired) electrons. The van der Waals surface area contributed by atoms with E-state index in [0.29, 0.717) is 23.5 Å². The zero-order valence-corrected chi connectivity index (χ0v) is 8.21. The number of methoxy groups -OCH3 is 2. The Kier molecular flexibility index (Phi) is 3.71. The second-order valence-electron chi connectivity index (χ2n) is 2.76. The molecule has 1 aromatic carbocycles. The minimum Gasteiger partial charge on any atom is -0.496 e. The fourth-order valence-electron chi connectivity index (χ4n) is 1.31.